The summed E-state index contributed by atoms with van der Waals surface area (Å²) < 4.78 is 38.4. The summed E-state index contributed by atoms with van der Waals surface area (Å²) in [6.45, 7) is 2.70. The number of hydrogen-bond donors (Lipinski definition) is 1. The van der Waals surface area contributed by atoms with Crippen molar-refractivity contribution in [2.75, 3.05) is 41.7 Å². The standard InChI is InChI=1S/C16H17F3N4/c17-16(18,19)12-2-1-3-14(10-12)22-6-8-23(9-7-22)15-5-4-13(20)11-21-15/h1-5,10-11H,6-9,20H2. The monoisotopic (exact) mass is 322 g/mol. The number of rotatable bonds is 2. The van der Waals surface area contributed by atoms with E-state index >= 15 is 0 Å². The topological polar surface area (TPSA) is 45.4 Å². The first kappa shape index (κ1) is 15.5. The highest BCUT2D eigenvalue weighted by atomic mass is 19.4. The number of alkyl halides is 3. The van der Waals surface area contributed by atoms with Gasteiger partial charge in [0.15, 0.2) is 0 Å². The molecule has 1 saturated heterocycles. The maximum atomic E-state index is 12.8. The van der Waals surface area contributed by atoms with E-state index in [-0.39, 0.29) is 0 Å². The molecule has 0 aliphatic carbocycles. The van der Waals surface area contributed by atoms with Gasteiger partial charge in [-0.25, -0.2) is 4.98 Å². The van der Waals surface area contributed by atoms with Crippen LogP contribution in [0.5, 0.6) is 0 Å². The largest absolute Gasteiger partial charge is 0.416 e. The van der Waals surface area contributed by atoms with Crippen LogP contribution in [0.15, 0.2) is 42.6 Å². The highest BCUT2D eigenvalue weighted by Gasteiger charge is 2.31. The van der Waals surface area contributed by atoms with Gasteiger partial charge in [-0.1, -0.05) is 6.07 Å². The number of nitrogen functional groups attached to an aromatic ring is 1. The summed E-state index contributed by atoms with van der Waals surface area (Å²) in [7, 11) is 0. The smallest absolute Gasteiger partial charge is 0.397 e. The van der Waals surface area contributed by atoms with Crippen LogP contribution in [0.3, 0.4) is 0 Å². The number of nitrogens with two attached hydrogens (primary N) is 1. The van der Waals surface area contributed by atoms with Gasteiger partial charge in [0.2, 0.25) is 0 Å². The molecule has 0 spiro atoms. The van der Waals surface area contributed by atoms with E-state index in [1.807, 2.05) is 11.0 Å². The predicted molar refractivity (Wildman–Crippen MR) is 84.5 cm³/mol. The van der Waals surface area contributed by atoms with Crippen LogP contribution in [0.4, 0.5) is 30.4 Å². The molecule has 1 aromatic heterocycles. The summed E-state index contributed by atoms with van der Waals surface area (Å²) in [6, 6.07) is 9.12. The van der Waals surface area contributed by atoms with Gasteiger partial charge >= 0.3 is 6.18 Å². The van der Waals surface area contributed by atoms with E-state index in [1.165, 1.54) is 12.1 Å². The zero-order chi connectivity index (χ0) is 16.4. The molecule has 23 heavy (non-hydrogen) atoms. The molecule has 2 aromatic rings. The van der Waals surface area contributed by atoms with Crippen molar-refractivity contribution in [1.29, 1.82) is 0 Å². The number of pyridine rings is 1. The SMILES string of the molecule is Nc1ccc(N2CCN(c3cccc(C(F)(F)F)c3)CC2)nc1. The Morgan fingerprint density at radius 3 is 2.26 bits per heavy atom. The zero-order valence-corrected chi connectivity index (χ0v) is 12.4. The van der Waals surface area contributed by atoms with Gasteiger partial charge in [0.1, 0.15) is 5.82 Å². The zero-order valence-electron chi connectivity index (χ0n) is 12.4. The van der Waals surface area contributed by atoms with Crippen molar-refractivity contribution in [2.24, 2.45) is 0 Å². The summed E-state index contributed by atoms with van der Waals surface area (Å²) in [5, 5.41) is 0. The molecule has 0 saturated carbocycles. The van der Waals surface area contributed by atoms with E-state index in [9.17, 15) is 13.2 Å². The lowest BCUT2D eigenvalue weighted by molar-refractivity contribution is -0.137. The quantitative estimate of drug-likeness (QED) is 0.923. The van der Waals surface area contributed by atoms with Crippen molar-refractivity contribution in [3.8, 4) is 0 Å². The van der Waals surface area contributed by atoms with E-state index < -0.39 is 11.7 Å². The van der Waals surface area contributed by atoms with Crippen molar-refractivity contribution in [1.82, 2.24) is 4.98 Å². The summed E-state index contributed by atoms with van der Waals surface area (Å²) in [5.41, 5.74) is 6.22. The van der Waals surface area contributed by atoms with Crippen molar-refractivity contribution in [3.05, 3.63) is 48.2 Å². The minimum Gasteiger partial charge on any atom is -0.397 e. The van der Waals surface area contributed by atoms with Crippen LogP contribution in [0, 0.1) is 0 Å². The van der Waals surface area contributed by atoms with Crippen molar-refractivity contribution < 1.29 is 13.2 Å². The van der Waals surface area contributed by atoms with Gasteiger partial charge in [-0.05, 0) is 30.3 Å². The van der Waals surface area contributed by atoms with Gasteiger partial charge in [-0.15, -0.1) is 0 Å². The second kappa shape index (κ2) is 5.98. The second-order valence-electron chi connectivity index (χ2n) is 5.47. The van der Waals surface area contributed by atoms with Crippen molar-refractivity contribution in [3.63, 3.8) is 0 Å². The molecular formula is C16H17F3N4. The van der Waals surface area contributed by atoms with Crippen LogP contribution in [0.2, 0.25) is 0 Å². The van der Waals surface area contributed by atoms with Crippen LogP contribution in [-0.4, -0.2) is 31.2 Å². The molecule has 1 fully saturated rings. The number of hydrogen-bond acceptors (Lipinski definition) is 4. The molecule has 3 rings (SSSR count). The highest BCUT2D eigenvalue weighted by Crippen LogP contribution is 2.32. The van der Waals surface area contributed by atoms with Crippen LogP contribution >= 0.6 is 0 Å². The molecule has 2 heterocycles. The Kier molecular flexibility index (Phi) is 4.02. The fourth-order valence-electron chi connectivity index (χ4n) is 2.66. The molecule has 122 valence electrons. The molecule has 2 N–H and O–H groups in total. The Labute approximate surface area is 132 Å². The third-order valence-corrected chi connectivity index (χ3v) is 3.91. The van der Waals surface area contributed by atoms with E-state index in [0.29, 0.717) is 37.6 Å². The molecule has 0 radical (unpaired) electrons. The first-order chi connectivity index (χ1) is 10.9. The van der Waals surface area contributed by atoms with Crippen molar-refractivity contribution >= 4 is 17.2 Å². The molecule has 1 aliphatic rings. The summed E-state index contributed by atoms with van der Waals surface area (Å²) in [4.78, 5) is 8.34. The number of halogens is 3. The highest BCUT2D eigenvalue weighted by molar-refractivity contribution is 5.52. The van der Waals surface area contributed by atoms with Gasteiger partial charge in [0.25, 0.3) is 0 Å². The molecule has 7 heteroatoms. The summed E-state index contributed by atoms with van der Waals surface area (Å²) in [5.74, 6) is 0.836. The Bertz CT molecular complexity index is 662. The minimum absolute atomic E-state index is 0.602. The van der Waals surface area contributed by atoms with Crippen LogP contribution in [-0.2, 0) is 6.18 Å². The lowest BCUT2D eigenvalue weighted by atomic mass is 10.1. The number of anilines is 3. The normalized spacial score (nSPS) is 15.8. The fourth-order valence-corrected chi connectivity index (χ4v) is 2.66. The average Bonchev–Trinajstić information content (AvgIpc) is 2.55. The molecule has 1 aliphatic heterocycles. The Hall–Kier alpha value is -2.44. The Morgan fingerprint density at radius 1 is 0.957 bits per heavy atom. The molecule has 0 amide bonds. The van der Waals surface area contributed by atoms with Gasteiger partial charge < -0.3 is 15.5 Å². The second-order valence-corrected chi connectivity index (χ2v) is 5.47. The molecule has 0 unspecified atom stereocenters. The van der Waals surface area contributed by atoms with Gasteiger partial charge in [0, 0.05) is 31.9 Å². The third kappa shape index (κ3) is 3.49. The first-order valence-corrected chi connectivity index (χ1v) is 7.32. The maximum absolute atomic E-state index is 12.8. The maximum Gasteiger partial charge on any atom is 0.416 e. The average molecular weight is 322 g/mol. The van der Waals surface area contributed by atoms with E-state index in [1.54, 1.807) is 18.3 Å². The lowest BCUT2D eigenvalue weighted by Crippen LogP contribution is -2.46. The molecule has 0 atom stereocenters. The van der Waals surface area contributed by atoms with Gasteiger partial charge in [0.05, 0.1) is 17.4 Å². The van der Waals surface area contributed by atoms with E-state index in [0.717, 1.165) is 11.9 Å². The number of nitrogens with zero attached hydrogens (tertiary/aromatic N) is 3. The fraction of sp³-hybridized carbons (Fsp3) is 0.312. The Balaban J connectivity index is 1.68. The summed E-state index contributed by atoms with van der Waals surface area (Å²) >= 11 is 0. The molecular weight excluding hydrogens is 305 g/mol. The molecule has 4 nitrogen and oxygen atoms in total. The molecule has 1 aromatic carbocycles. The third-order valence-electron chi connectivity index (χ3n) is 3.91. The van der Waals surface area contributed by atoms with Crippen LogP contribution in [0.1, 0.15) is 5.56 Å². The van der Waals surface area contributed by atoms with E-state index in [4.69, 9.17) is 5.73 Å². The summed E-state index contributed by atoms with van der Waals surface area (Å²) in [6.07, 6.45) is -2.71. The van der Waals surface area contributed by atoms with Crippen LogP contribution < -0.4 is 15.5 Å². The van der Waals surface area contributed by atoms with Crippen LogP contribution in [0.25, 0.3) is 0 Å². The number of benzene rings is 1. The number of piperazine rings is 1. The minimum atomic E-state index is -4.31. The van der Waals surface area contributed by atoms with Gasteiger partial charge in [-0.3, -0.25) is 0 Å². The molecule has 0 bridgehead atoms. The lowest BCUT2D eigenvalue weighted by Gasteiger charge is -2.37. The van der Waals surface area contributed by atoms with E-state index in [2.05, 4.69) is 9.88 Å². The Morgan fingerprint density at radius 2 is 1.65 bits per heavy atom. The number of aromatic nitrogens is 1. The van der Waals surface area contributed by atoms with Crippen molar-refractivity contribution in [2.45, 2.75) is 6.18 Å². The predicted octanol–water partition coefficient (Wildman–Crippen LogP) is 3.01. The first-order valence-electron chi connectivity index (χ1n) is 7.32. The van der Waals surface area contributed by atoms with Gasteiger partial charge in [-0.2, -0.15) is 13.2 Å².